The first-order chi connectivity index (χ1) is 8.15. The second kappa shape index (κ2) is 5.20. The van der Waals surface area contributed by atoms with Crippen molar-refractivity contribution in [2.45, 2.75) is 6.10 Å². The summed E-state index contributed by atoms with van der Waals surface area (Å²) < 4.78 is 24.7. The van der Waals surface area contributed by atoms with Crippen LogP contribution in [0.5, 0.6) is 11.5 Å². The van der Waals surface area contributed by atoms with E-state index >= 15 is 0 Å². The maximum absolute atomic E-state index is 13.9. The number of phenols is 1. The molecule has 1 unspecified atom stereocenters. The van der Waals surface area contributed by atoms with Crippen LogP contribution in [-0.2, 0) is 4.74 Å². The lowest BCUT2D eigenvalue weighted by molar-refractivity contribution is 0.0238. The summed E-state index contributed by atoms with van der Waals surface area (Å²) in [5, 5.41) is 13.1. The Morgan fingerprint density at radius 1 is 1.65 bits per heavy atom. The summed E-state index contributed by atoms with van der Waals surface area (Å²) in [4.78, 5) is 0. The van der Waals surface area contributed by atoms with E-state index in [-0.39, 0.29) is 17.1 Å². The molecule has 0 amide bonds. The number of hydrogen-bond acceptors (Lipinski definition) is 4. The fourth-order valence-electron chi connectivity index (χ4n) is 1.85. The van der Waals surface area contributed by atoms with Crippen molar-refractivity contribution in [2.24, 2.45) is 0 Å². The van der Waals surface area contributed by atoms with Crippen LogP contribution in [0.4, 0.5) is 4.39 Å². The van der Waals surface area contributed by atoms with E-state index in [1.807, 2.05) is 0 Å². The van der Waals surface area contributed by atoms with Crippen LogP contribution in [0, 0.1) is 5.82 Å². The quantitative estimate of drug-likeness (QED) is 0.877. The van der Waals surface area contributed by atoms with Gasteiger partial charge in [0, 0.05) is 13.1 Å². The number of morpholine rings is 1. The Balaban J connectivity index is 2.44. The van der Waals surface area contributed by atoms with Crippen LogP contribution in [0.15, 0.2) is 10.5 Å². The maximum Gasteiger partial charge on any atom is 0.175 e. The molecule has 1 atom stereocenters. The van der Waals surface area contributed by atoms with E-state index in [0.717, 1.165) is 6.54 Å². The van der Waals surface area contributed by atoms with Gasteiger partial charge in [0.05, 0.1) is 23.8 Å². The Morgan fingerprint density at radius 2 is 2.41 bits per heavy atom. The number of aromatic hydroxyl groups is 1. The highest BCUT2D eigenvalue weighted by Crippen LogP contribution is 2.42. The third kappa shape index (κ3) is 2.38. The summed E-state index contributed by atoms with van der Waals surface area (Å²) >= 11 is 3.13. The molecular weight excluding hydrogens is 293 g/mol. The Kier molecular flexibility index (Phi) is 3.86. The number of methoxy groups -OCH3 is 1. The van der Waals surface area contributed by atoms with Gasteiger partial charge in [-0.3, -0.25) is 0 Å². The standard InChI is InChI=1S/C11H13BrFNO3/c1-16-11-6(12)4-7(13)9(10(11)15)8-5-14-2-3-17-8/h4,8,14-15H,2-3,5H2,1H3. The minimum absolute atomic E-state index is 0.136. The Labute approximate surface area is 107 Å². The highest BCUT2D eigenvalue weighted by Gasteiger charge is 2.26. The van der Waals surface area contributed by atoms with Gasteiger partial charge in [0.1, 0.15) is 11.9 Å². The molecule has 2 N–H and O–H groups in total. The Bertz CT molecular complexity index is 422. The second-order valence-corrected chi connectivity index (χ2v) is 4.55. The highest BCUT2D eigenvalue weighted by molar-refractivity contribution is 9.10. The summed E-state index contributed by atoms with van der Waals surface area (Å²) in [7, 11) is 1.42. The minimum atomic E-state index is -0.510. The molecule has 17 heavy (non-hydrogen) atoms. The van der Waals surface area contributed by atoms with Crippen molar-refractivity contribution < 1.29 is 19.0 Å². The fourth-order valence-corrected chi connectivity index (χ4v) is 2.41. The van der Waals surface area contributed by atoms with Gasteiger partial charge in [-0.05, 0) is 22.0 Å². The zero-order valence-electron chi connectivity index (χ0n) is 9.30. The number of hydrogen-bond donors (Lipinski definition) is 2. The summed E-state index contributed by atoms with van der Waals surface area (Å²) in [6.45, 7) is 1.68. The normalized spacial score (nSPS) is 20.3. The van der Waals surface area contributed by atoms with Gasteiger partial charge in [-0.15, -0.1) is 0 Å². The van der Waals surface area contributed by atoms with E-state index in [4.69, 9.17) is 9.47 Å². The second-order valence-electron chi connectivity index (χ2n) is 3.70. The Hall–Kier alpha value is -0.850. The SMILES string of the molecule is COc1c(Br)cc(F)c(C2CNCCO2)c1O. The van der Waals surface area contributed by atoms with E-state index in [0.29, 0.717) is 17.6 Å². The monoisotopic (exact) mass is 305 g/mol. The van der Waals surface area contributed by atoms with Crippen LogP contribution in [0.3, 0.4) is 0 Å². The van der Waals surface area contributed by atoms with Crippen molar-refractivity contribution in [1.29, 1.82) is 0 Å². The Morgan fingerprint density at radius 3 is 3.00 bits per heavy atom. The molecule has 6 heteroatoms. The van der Waals surface area contributed by atoms with Crippen LogP contribution in [-0.4, -0.2) is 31.9 Å². The lowest BCUT2D eigenvalue weighted by Crippen LogP contribution is -2.33. The molecule has 4 nitrogen and oxygen atoms in total. The molecule has 1 aromatic carbocycles. The average molecular weight is 306 g/mol. The van der Waals surface area contributed by atoms with E-state index in [1.165, 1.54) is 13.2 Å². The largest absolute Gasteiger partial charge is 0.504 e. The first kappa shape index (κ1) is 12.6. The minimum Gasteiger partial charge on any atom is -0.504 e. The molecule has 0 bridgehead atoms. The molecule has 1 aliphatic heterocycles. The third-order valence-electron chi connectivity index (χ3n) is 2.65. The number of phenolic OH excluding ortho intramolecular Hbond substituents is 1. The molecular formula is C11H13BrFNO3. The third-order valence-corrected chi connectivity index (χ3v) is 3.24. The summed E-state index contributed by atoms with van der Waals surface area (Å²) in [6.07, 6.45) is -0.495. The van der Waals surface area contributed by atoms with E-state index in [1.54, 1.807) is 0 Å². The number of nitrogens with one attached hydrogen (secondary N) is 1. The predicted molar refractivity (Wildman–Crippen MR) is 63.9 cm³/mol. The summed E-state index contributed by atoms with van der Waals surface area (Å²) in [5.41, 5.74) is 0.136. The van der Waals surface area contributed by atoms with Gasteiger partial charge in [0.25, 0.3) is 0 Å². The van der Waals surface area contributed by atoms with Crippen LogP contribution < -0.4 is 10.1 Å². The van der Waals surface area contributed by atoms with Gasteiger partial charge < -0.3 is 19.9 Å². The van der Waals surface area contributed by atoms with Gasteiger partial charge in [-0.1, -0.05) is 0 Å². The van der Waals surface area contributed by atoms with Crippen molar-refractivity contribution in [3.8, 4) is 11.5 Å². The maximum atomic E-state index is 13.9. The topological polar surface area (TPSA) is 50.7 Å². The average Bonchev–Trinajstić information content (AvgIpc) is 2.30. The van der Waals surface area contributed by atoms with Gasteiger partial charge in [0.15, 0.2) is 11.5 Å². The molecule has 94 valence electrons. The van der Waals surface area contributed by atoms with Crippen molar-refractivity contribution in [2.75, 3.05) is 26.8 Å². The summed E-state index contributed by atoms with van der Waals surface area (Å²) in [6, 6.07) is 1.27. The molecule has 1 saturated heterocycles. The van der Waals surface area contributed by atoms with Gasteiger partial charge in [0.2, 0.25) is 0 Å². The molecule has 0 saturated carbocycles. The molecule has 0 aromatic heterocycles. The molecule has 0 aliphatic carbocycles. The number of benzene rings is 1. The number of halogens is 2. The van der Waals surface area contributed by atoms with Crippen molar-refractivity contribution >= 4 is 15.9 Å². The van der Waals surface area contributed by atoms with Gasteiger partial charge in [-0.2, -0.15) is 0 Å². The van der Waals surface area contributed by atoms with Crippen LogP contribution >= 0.6 is 15.9 Å². The smallest absolute Gasteiger partial charge is 0.175 e. The zero-order valence-corrected chi connectivity index (χ0v) is 10.9. The molecule has 0 spiro atoms. The molecule has 1 heterocycles. The van der Waals surface area contributed by atoms with Gasteiger partial charge in [-0.25, -0.2) is 4.39 Å². The van der Waals surface area contributed by atoms with Crippen LogP contribution in [0.1, 0.15) is 11.7 Å². The number of rotatable bonds is 2. The lowest BCUT2D eigenvalue weighted by atomic mass is 10.1. The molecule has 1 fully saturated rings. The highest BCUT2D eigenvalue weighted by atomic mass is 79.9. The fraction of sp³-hybridized carbons (Fsp3) is 0.455. The number of ether oxygens (including phenoxy) is 2. The molecule has 0 radical (unpaired) electrons. The summed E-state index contributed by atoms with van der Waals surface area (Å²) in [5.74, 6) is -0.507. The molecule has 2 rings (SSSR count). The lowest BCUT2D eigenvalue weighted by Gasteiger charge is -2.25. The van der Waals surface area contributed by atoms with Gasteiger partial charge >= 0.3 is 0 Å². The van der Waals surface area contributed by atoms with Crippen LogP contribution in [0.2, 0.25) is 0 Å². The first-order valence-electron chi connectivity index (χ1n) is 5.22. The molecule has 1 aromatic rings. The van der Waals surface area contributed by atoms with E-state index < -0.39 is 11.9 Å². The van der Waals surface area contributed by atoms with Crippen molar-refractivity contribution in [3.63, 3.8) is 0 Å². The van der Waals surface area contributed by atoms with Crippen LogP contribution in [0.25, 0.3) is 0 Å². The van der Waals surface area contributed by atoms with Crippen molar-refractivity contribution in [3.05, 3.63) is 21.9 Å². The predicted octanol–water partition coefficient (Wildman–Crippen LogP) is 1.96. The van der Waals surface area contributed by atoms with E-state index in [2.05, 4.69) is 21.2 Å². The molecule has 1 aliphatic rings. The zero-order chi connectivity index (χ0) is 12.4. The first-order valence-corrected chi connectivity index (χ1v) is 6.01. The van der Waals surface area contributed by atoms with E-state index in [9.17, 15) is 9.50 Å². The van der Waals surface area contributed by atoms with Crippen molar-refractivity contribution in [1.82, 2.24) is 5.32 Å².